The molecule has 0 radical (unpaired) electrons. The lowest BCUT2D eigenvalue weighted by Gasteiger charge is -2.58. The molecule has 0 aliphatic heterocycles. The summed E-state index contributed by atoms with van der Waals surface area (Å²) in [6.45, 7) is 5.70. The van der Waals surface area contributed by atoms with Gasteiger partial charge < -0.3 is 4.74 Å². The predicted octanol–water partition coefficient (Wildman–Crippen LogP) is 4.14. The van der Waals surface area contributed by atoms with Crippen molar-refractivity contribution in [2.75, 3.05) is 13.7 Å². The van der Waals surface area contributed by atoms with Gasteiger partial charge in [-0.1, -0.05) is 25.8 Å². The van der Waals surface area contributed by atoms with Crippen molar-refractivity contribution in [1.82, 2.24) is 0 Å². The number of fused-ring (bicyclic) bond motifs is 3. The molecule has 2 fully saturated rings. The summed E-state index contributed by atoms with van der Waals surface area (Å²) in [5.41, 5.74) is 2.02. The molecule has 20 heavy (non-hydrogen) atoms. The molecule has 0 heterocycles. The second-order valence-corrected chi connectivity index (χ2v) is 7.79. The molecule has 0 N–H and O–H groups in total. The first-order valence-corrected chi connectivity index (χ1v) is 8.23. The van der Waals surface area contributed by atoms with E-state index in [0.717, 1.165) is 19.4 Å². The fourth-order valence-corrected chi connectivity index (χ4v) is 5.63. The standard InChI is InChI=1S/C18H28O2/c1-17(12-20-3)9-4-10-18(2)15-11-14(19)7-5-13(15)6-8-16(17)18/h11,13,16H,4-10,12H2,1-3H3. The molecule has 4 atom stereocenters. The summed E-state index contributed by atoms with van der Waals surface area (Å²) in [5, 5.41) is 0. The van der Waals surface area contributed by atoms with E-state index in [1.807, 2.05) is 13.2 Å². The van der Waals surface area contributed by atoms with Gasteiger partial charge in [-0.3, -0.25) is 4.79 Å². The minimum absolute atomic E-state index is 0.241. The Kier molecular flexibility index (Phi) is 3.56. The molecule has 0 bridgehead atoms. The summed E-state index contributed by atoms with van der Waals surface area (Å²) in [6, 6.07) is 0. The number of methoxy groups -OCH3 is 1. The minimum Gasteiger partial charge on any atom is -0.384 e. The topological polar surface area (TPSA) is 26.3 Å². The van der Waals surface area contributed by atoms with Crippen molar-refractivity contribution in [1.29, 1.82) is 0 Å². The summed E-state index contributed by atoms with van der Waals surface area (Å²) < 4.78 is 5.55. The summed E-state index contributed by atoms with van der Waals surface area (Å²) in [7, 11) is 1.83. The highest BCUT2D eigenvalue weighted by atomic mass is 16.5. The van der Waals surface area contributed by atoms with Gasteiger partial charge >= 0.3 is 0 Å². The summed E-state index contributed by atoms with van der Waals surface area (Å²) in [5.74, 6) is 1.72. The Morgan fingerprint density at radius 3 is 2.80 bits per heavy atom. The highest BCUT2D eigenvalue weighted by molar-refractivity contribution is 5.91. The number of carbonyl (C=O) groups is 1. The lowest BCUT2D eigenvalue weighted by atomic mass is 9.47. The fraction of sp³-hybridized carbons (Fsp3) is 0.833. The van der Waals surface area contributed by atoms with Gasteiger partial charge in [0.05, 0.1) is 6.61 Å². The van der Waals surface area contributed by atoms with Gasteiger partial charge in [-0.05, 0) is 60.8 Å². The van der Waals surface area contributed by atoms with Crippen molar-refractivity contribution in [2.45, 2.75) is 58.8 Å². The van der Waals surface area contributed by atoms with Gasteiger partial charge in [0.2, 0.25) is 0 Å². The third-order valence-corrected chi connectivity index (χ3v) is 6.49. The number of hydrogen-bond donors (Lipinski definition) is 0. The molecule has 112 valence electrons. The molecule has 2 heteroatoms. The van der Waals surface area contributed by atoms with Crippen LogP contribution < -0.4 is 0 Å². The van der Waals surface area contributed by atoms with E-state index in [9.17, 15) is 4.79 Å². The van der Waals surface area contributed by atoms with E-state index < -0.39 is 0 Å². The Bertz CT molecular complexity index is 435. The quantitative estimate of drug-likeness (QED) is 0.757. The maximum Gasteiger partial charge on any atom is 0.155 e. The first kappa shape index (κ1) is 14.3. The van der Waals surface area contributed by atoms with Crippen LogP contribution in [0.25, 0.3) is 0 Å². The first-order chi connectivity index (χ1) is 9.49. The monoisotopic (exact) mass is 276 g/mol. The number of carbonyl (C=O) groups excluding carboxylic acids is 1. The molecule has 0 amide bonds. The molecule has 0 aromatic heterocycles. The van der Waals surface area contributed by atoms with Crippen LogP contribution in [0.4, 0.5) is 0 Å². The molecular formula is C18H28O2. The third-order valence-electron chi connectivity index (χ3n) is 6.49. The Hall–Kier alpha value is -0.630. The van der Waals surface area contributed by atoms with Crippen LogP contribution in [0.2, 0.25) is 0 Å². The molecule has 3 rings (SSSR count). The van der Waals surface area contributed by atoms with Crippen LogP contribution >= 0.6 is 0 Å². The average Bonchev–Trinajstić information content (AvgIpc) is 2.39. The molecule has 2 saturated carbocycles. The largest absolute Gasteiger partial charge is 0.384 e. The van der Waals surface area contributed by atoms with Crippen LogP contribution in [-0.4, -0.2) is 19.5 Å². The average molecular weight is 276 g/mol. The van der Waals surface area contributed by atoms with Gasteiger partial charge in [0, 0.05) is 13.5 Å². The summed E-state index contributed by atoms with van der Waals surface area (Å²) >= 11 is 0. The van der Waals surface area contributed by atoms with Gasteiger partial charge in [-0.15, -0.1) is 0 Å². The number of ether oxygens (including phenoxy) is 1. The molecule has 0 saturated heterocycles. The first-order valence-electron chi connectivity index (χ1n) is 8.23. The summed E-state index contributed by atoms with van der Waals surface area (Å²) in [4.78, 5) is 11.9. The van der Waals surface area contributed by atoms with Crippen LogP contribution in [0.15, 0.2) is 11.6 Å². The Labute approximate surface area is 123 Å². The summed E-state index contributed by atoms with van der Waals surface area (Å²) in [6.07, 6.45) is 10.3. The molecule has 0 aromatic carbocycles. The van der Waals surface area contributed by atoms with Gasteiger partial charge in [0.25, 0.3) is 0 Å². The van der Waals surface area contributed by atoms with Crippen LogP contribution in [-0.2, 0) is 9.53 Å². The molecule has 4 unspecified atom stereocenters. The van der Waals surface area contributed by atoms with Crippen molar-refractivity contribution >= 4 is 5.78 Å². The van der Waals surface area contributed by atoms with Gasteiger partial charge in [0.15, 0.2) is 5.78 Å². The van der Waals surface area contributed by atoms with Crippen molar-refractivity contribution < 1.29 is 9.53 Å². The highest BCUT2D eigenvalue weighted by Crippen LogP contribution is 2.62. The lowest BCUT2D eigenvalue weighted by molar-refractivity contribution is -0.116. The zero-order chi connectivity index (χ0) is 14.4. The van der Waals surface area contributed by atoms with Gasteiger partial charge in [-0.25, -0.2) is 0 Å². The normalized spacial score (nSPS) is 44.5. The van der Waals surface area contributed by atoms with Crippen LogP contribution in [0, 0.1) is 22.7 Å². The lowest BCUT2D eigenvalue weighted by Crippen LogP contribution is -2.51. The maximum absolute atomic E-state index is 11.9. The SMILES string of the molecule is COCC1(C)CCCC2(C)C3=CC(=O)CCC3CCC12. The van der Waals surface area contributed by atoms with E-state index in [4.69, 9.17) is 4.74 Å². The Morgan fingerprint density at radius 2 is 2.05 bits per heavy atom. The van der Waals surface area contributed by atoms with E-state index in [0.29, 0.717) is 17.6 Å². The molecule has 0 spiro atoms. The minimum atomic E-state index is 0.241. The van der Waals surface area contributed by atoms with Crippen LogP contribution in [0.1, 0.15) is 58.8 Å². The number of hydrogen-bond acceptors (Lipinski definition) is 2. The van der Waals surface area contributed by atoms with E-state index in [1.165, 1.54) is 37.7 Å². The zero-order valence-corrected chi connectivity index (χ0v) is 13.2. The number of ketones is 1. The van der Waals surface area contributed by atoms with Crippen molar-refractivity contribution in [3.05, 3.63) is 11.6 Å². The predicted molar refractivity (Wildman–Crippen MR) is 80.5 cm³/mol. The molecular weight excluding hydrogens is 248 g/mol. The Morgan fingerprint density at radius 1 is 1.25 bits per heavy atom. The van der Waals surface area contributed by atoms with Crippen LogP contribution in [0.5, 0.6) is 0 Å². The van der Waals surface area contributed by atoms with Crippen molar-refractivity contribution in [2.24, 2.45) is 22.7 Å². The molecule has 0 aromatic rings. The highest BCUT2D eigenvalue weighted by Gasteiger charge is 2.54. The van der Waals surface area contributed by atoms with Gasteiger partial charge in [0.1, 0.15) is 0 Å². The van der Waals surface area contributed by atoms with E-state index in [-0.39, 0.29) is 10.8 Å². The third kappa shape index (κ3) is 2.07. The number of allylic oxidation sites excluding steroid dienone is 2. The van der Waals surface area contributed by atoms with Gasteiger partial charge in [-0.2, -0.15) is 0 Å². The second-order valence-electron chi connectivity index (χ2n) is 7.79. The zero-order valence-electron chi connectivity index (χ0n) is 13.2. The smallest absolute Gasteiger partial charge is 0.155 e. The molecule has 2 nitrogen and oxygen atoms in total. The molecule has 3 aliphatic rings. The van der Waals surface area contributed by atoms with E-state index in [1.54, 1.807) is 0 Å². The van der Waals surface area contributed by atoms with E-state index >= 15 is 0 Å². The van der Waals surface area contributed by atoms with Crippen molar-refractivity contribution in [3.63, 3.8) is 0 Å². The maximum atomic E-state index is 11.9. The second kappa shape index (κ2) is 4.98. The number of rotatable bonds is 2. The van der Waals surface area contributed by atoms with Crippen molar-refractivity contribution in [3.8, 4) is 0 Å². The molecule has 3 aliphatic carbocycles. The van der Waals surface area contributed by atoms with Crippen LogP contribution in [0.3, 0.4) is 0 Å². The van der Waals surface area contributed by atoms with E-state index in [2.05, 4.69) is 13.8 Å². The fourth-order valence-electron chi connectivity index (χ4n) is 5.63. The Balaban J connectivity index is 1.98.